The van der Waals surface area contributed by atoms with Crippen LogP contribution in [0, 0.1) is 6.92 Å². The van der Waals surface area contributed by atoms with Crippen LogP contribution in [0.3, 0.4) is 0 Å². The first-order valence-corrected chi connectivity index (χ1v) is 8.68. The Kier molecular flexibility index (Phi) is 4.02. The number of aromatic nitrogens is 6. The Hall–Kier alpha value is -3.00. The molecule has 0 spiro atoms. The molecule has 8 heteroatoms. The van der Waals surface area contributed by atoms with Crippen LogP contribution >= 0.6 is 11.3 Å². The van der Waals surface area contributed by atoms with Crippen LogP contribution in [0.5, 0.6) is 0 Å². The summed E-state index contributed by atoms with van der Waals surface area (Å²) >= 11 is 1.48. The van der Waals surface area contributed by atoms with Gasteiger partial charge in [0.1, 0.15) is 0 Å². The molecular formula is C17H17N7S. The van der Waals surface area contributed by atoms with Crippen LogP contribution in [0.25, 0.3) is 10.7 Å². The molecule has 0 fully saturated rings. The molecule has 4 aromatic rings. The minimum atomic E-state index is 0.707. The summed E-state index contributed by atoms with van der Waals surface area (Å²) < 4.78 is 3.71. The molecule has 0 atom stereocenters. The maximum Gasteiger partial charge on any atom is 0.211 e. The van der Waals surface area contributed by atoms with Crippen molar-refractivity contribution >= 4 is 22.3 Å². The van der Waals surface area contributed by atoms with Crippen molar-refractivity contribution in [3.8, 4) is 10.7 Å². The van der Waals surface area contributed by atoms with E-state index in [0.717, 1.165) is 28.8 Å². The summed E-state index contributed by atoms with van der Waals surface area (Å²) in [6.07, 6.45) is 1.95. The quantitative estimate of drug-likeness (QED) is 0.597. The third-order valence-corrected chi connectivity index (χ3v) is 4.57. The molecule has 4 rings (SSSR count). The van der Waals surface area contributed by atoms with E-state index in [4.69, 9.17) is 0 Å². The maximum absolute atomic E-state index is 4.53. The summed E-state index contributed by atoms with van der Waals surface area (Å²) in [6.45, 7) is 2.70. The molecule has 0 aliphatic rings. The topological polar surface area (TPSA) is 73.5 Å². The lowest BCUT2D eigenvalue weighted by atomic mass is 10.2. The fourth-order valence-corrected chi connectivity index (χ4v) is 3.38. The van der Waals surface area contributed by atoms with Crippen LogP contribution in [0.2, 0.25) is 0 Å². The molecule has 1 aromatic carbocycles. The van der Waals surface area contributed by atoms with Crippen molar-refractivity contribution < 1.29 is 0 Å². The van der Waals surface area contributed by atoms with E-state index >= 15 is 0 Å². The van der Waals surface area contributed by atoms with Gasteiger partial charge in [0.25, 0.3) is 0 Å². The Bertz CT molecular complexity index is 984. The number of hydrogen-bond donors (Lipinski definition) is 1. The predicted molar refractivity (Wildman–Crippen MR) is 97.9 cm³/mol. The van der Waals surface area contributed by atoms with Gasteiger partial charge in [0, 0.05) is 19.3 Å². The number of anilines is 2. The second-order valence-electron chi connectivity index (χ2n) is 5.72. The van der Waals surface area contributed by atoms with Gasteiger partial charge < -0.3 is 5.32 Å². The van der Waals surface area contributed by atoms with Crippen molar-refractivity contribution in [1.29, 1.82) is 0 Å². The number of benzene rings is 1. The first-order chi connectivity index (χ1) is 12.2. The van der Waals surface area contributed by atoms with Gasteiger partial charge >= 0.3 is 0 Å². The minimum Gasteiger partial charge on any atom is -0.313 e. The van der Waals surface area contributed by atoms with Gasteiger partial charge in [-0.3, -0.25) is 9.36 Å². The summed E-state index contributed by atoms with van der Waals surface area (Å²) in [4.78, 5) is 0. The lowest BCUT2D eigenvalue weighted by Gasteiger charge is -2.01. The molecule has 7 nitrogen and oxygen atoms in total. The molecule has 0 aliphatic heterocycles. The van der Waals surface area contributed by atoms with E-state index in [-0.39, 0.29) is 0 Å². The second-order valence-corrected chi connectivity index (χ2v) is 6.69. The van der Waals surface area contributed by atoms with Gasteiger partial charge in [0.15, 0.2) is 10.8 Å². The molecule has 0 radical (unpaired) electrons. The highest BCUT2D eigenvalue weighted by molar-refractivity contribution is 7.18. The molecule has 3 heterocycles. The van der Waals surface area contributed by atoms with Gasteiger partial charge in [0.2, 0.25) is 5.13 Å². The average Bonchev–Trinajstić information content (AvgIpc) is 3.30. The van der Waals surface area contributed by atoms with E-state index in [0.29, 0.717) is 5.13 Å². The molecule has 0 amide bonds. The fourth-order valence-electron chi connectivity index (χ4n) is 2.58. The lowest BCUT2D eigenvalue weighted by molar-refractivity contribution is 0.689. The van der Waals surface area contributed by atoms with Crippen LogP contribution in [0.1, 0.15) is 11.3 Å². The zero-order valence-corrected chi connectivity index (χ0v) is 14.7. The lowest BCUT2D eigenvalue weighted by Crippen LogP contribution is -2.01. The van der Waals surface area contributed by atoms with Crippen LogP contribution in [0.15, 0.2) is 48.7 Å². The number of nitrogens with one attached hydrogen (secondary N) is 1. The summed E-state index contributed by atoms with van der Waals surface area (Å²) in [7, 11) is 1.90. The first-order valence-electron chi connectivity index (χ1n) is 7.86. The molecule has 25 heavy (non-hydrogen) atoms. The van der Waals surface area contributed by atoms with Gasteiger partial charge in [0.05, 0.1) is 17.9 Å². The van der Waals surface area contributed by atoms with Crippen LogP contribution in [-0.4, -0.2) is 29.8 Å². The summed E-state index contributed by atoms with van der Waals surface area (Å²) in [5, 5.41) is 22.1. The first kappa shape index (κ1) is 15.5. The smallest absolute Gasteiger partial charge is 0.211 e. The van der Waals surface area contributed by atoms with Gasteiger partial charge in [-0.2, -0.15) is 10.2 Å². The standard InChI is InChI=1S/C17H17N7S/c1-12-10-14(23(2)21-12)16-19-20-17(25-16)18-15-8-9-24(22-15)11-13-6-4-3-5-7-13/h3-10H,11H2,1-2H3,(H,18,20,22). The Morgan fingerprint density at radius 3 is 2.68 bits per heavy atom. The molecule has 0 aliphatic carbocycles. The third-order valence-electron chi connectivity index (χ3n) is 3.71. The second kappa shape index (κ2) is 6.48. The largest absolute Gasteiger partial charge is 0.313 e. The summed E-state index contributed by atoms with van der Waals surface area (Å²) in [5.74, 6) is 0.750. The number of hydrogen-bond acceptors (Lipinski definition) is 6. The zero-order chi connectivity index (χ0) is 17.2. The van der Waals surface area contributed by atoms with Gasteiger partial charge in [-0.05, 0) is 18.6 Å². The molecule has 3 aromatic heterocycles. The van der Waals surface area contributed by atoms with Crippen molar-refractivity contribution in [2.45, 2.75) is 13.5 Å². The maximum atomic E-state index is 4.53. The summed E-state index contributed by atoms with van der Waals surface area (Å²) in [6, 6.07) is 14.2. The Morgan fingerprint density at radius 1 is 1.08 bits per heavy atom. The van der Waals surface area contributed by atoms with E-state index in [9.17, 15) is 0 Å². The Labute approximate surface area is 149 Å². The normalized spacial score (nSPS) is 11.0. The third kappa shape index (κ3) is 3.43. The zero-order valence-electron chi connectivity index (χ0n) is 13.9. The molecule has 0 unspecified atom stereocenters. The molecule has 1 N–H and O–H groups in total. The molecular weight excluding hydrogens is 334 g/mol. The average molecular weight is 351 g/mol. The Balaban J connectivity index is 1.47. The Morgan fingerprint density at radius 2 is 1.92 bits per heavy atom. The monoisotopic (exact) mass is 351 g/mol. The SMILES string of the molecule is Cc1cc(-c2nnc(Nc3ccn(Cc4ccccc4)n3)s2)n(C)n1. The van der Waals surface area contributed by atoms with E-state index in [2.05, 4.69) is 37.8 Å². The van der Waals surface area contributed by atoms with Gasteiger partial charge in [-0.15, -0.1) is 10.2 Å². The molecule has 0 saturated carbocycles. The summed E-state index contributed by atoms with van der Waals surface area (Å²) in [5.41, 5.74) is 3.13. The number of rotatable bonds is 5. The van der Waals surface area contributed by atoms with E-state index in [1.54, 1.807) is 0 Å². The van der Waals surface area contributed by atoms with Crippen molar-refractivity contribution in [2.24, 2.45) is 7.05 Å². The number of aryl methyl sites for hydroxylation is 2. The van der Waals surface area contributed by atoms with Crippen molar-refractivity contribution in [1.82, 2.24) is 29.8 Å². The van der Waals surface area contributed by atoms with Gasteiger partial charge in [-0.25, -0.2) is 0 Å². The van der Waals surface area contributed by atoms with E-state index in [1.165, 1.54) is 16.9 Å². The fraction of sp³-hybridized carbons (Fsp3) is 0.176. The van der Waals surface area contributed by atoms with Crippen LogP contribution in [0.4, 0.5) is 10.9 Å². The molecule has 0 bridgehead atoms. The van der Waals surface area contributed by atoms with Crippen molar-refractivity contribution in [3.63, 3.8) is 0 Å². The van der Waals surface area contributed by atoms with Crippen LogP contribution < -0.4 is 5.32 Å². The highest BCUT2D eigenvalue weighted by atomic mass is 32.1. The van der Waals surface area contributed by atoms with Crippen molar-refractivity contribution in [3.05, 3.63) is 59.9 Å². The van der Waals surface area contributed by atoms with E-state index in [1.807, 2.05) is 59.9 Å². The highest BCUT2D eigenvalue weighted by Gasteiger charge is 2.12. The molecule has 0 saturated heterocycles. The highest BCUT2D eigenvalue weighted by Crippen LogP contribution is 2.28. The molecule has 126 valence electrons. The van der Waals surface area contributed by atoms with Crippen molar-refractivity contribution in [2.75, 3.05) is 5.32 Å². The predicted octanol–water partition coefficient (Wildman–Crippen LogP) is 3.24. The van der Waals surface area contributed by atoms with Crippen LogP contribution in [-0.2, 0) is 13.6 Å². The van der Waals surface area contributed by atoms with E-state index < -0.39 is 0 Å². The minimum absolute atomic E-state index is 0.707. The van der Waals surface area contributed by atoms with Gasteiger partial charge in [-0.1, -0.05) is 41.7 Å². The number of nitrogens with zero attached hydrogens (tertiary/aromatic N) is 6.